The summed E-state index contributed by atoms with van der Waals surface area (Å²) >= 11 is 0. The minimum absolute atomic E-state index is 0.107. The van der Waals surface area contributed by atoms with E-state index < -0.39 is 10.0 Å². The van der Waals surface area contributed by atoms with Crippen molar-refractivity contribution in [2.45, 2.75) is 11.4 Å². The van der Waals surface area contributed by atoms with E-state index in [1.54, 1.807) is 32.3 Å². The molecule has 132 valence electrons. The Bertz CT molecular complexity index is 1100. The number of sulfonamides is 1. The third-order valence-electron chi connectivity index (χ3n) is 4.20. The van der Waals surface area contributed by atoms with Crippen molar-refractivity contribution in [2.75, 3.05) is 7.11 Å². The van der Waals surface area contributed by atoms with Crippen molar-refractivity contribution in [3.8, 4) is 5.75 Å². The number of hydrogen-bond donors (Lipinski definition) is 1. The molecular weight excluding hydrogens is 342 g/mol. The van der Waals surface area contributed by atoms with Crippen molar-refractivity contribution < 1.29 is 13.2 Å². The van der Waals surface area contributed by atoms with Gasteiger partial charge in [0, 0.05) is 26.2 Å². The zero-order valence-corrected chi connectivity index (χ0v) is 15.0. The fraction of sp³-hybridized carbons (Fsp3) is 0.235. The van der Waals surface area contributed by atoms with E-state index in [-0.39, 0.29) is 17.1 Å². The first kappa shape index (κ1) is 17.2. The van der Waals surface area contributed by atoms with Crippen molar-refractivity contribution >= 4 is 21.1 Å². The van der Waals surface area contributed by atoms with Crippen LogP contribution in [0.5, 0.6) is 5.75 Å². The maximum atomic E-state index is 12.6. The molecule has 3 aromatic rings. The Balaban J connectivity index is 1.93. The summed E-state index contributed by atoms with van der Waals surface area (Å²) < 4.78 is 35.9. The molecule has 0 aliphatic heterocycles. The van der Waals surface area contributed by atoms with Crippen molar-refractivity contribution in [2.24, 2.45) is 14.1 Å². The Morgan fingerprint density at radius 3 is 2.44 bits per heavy atom. The van der Waals surface area contributed by atoms with E-state index >= 15 is 0 Å². The average molecular weight is 361 g/mol. The lowest BCUT2D eigenvalue weighted by atomic mass is 10.2. The van der Waals surface area contributed by atoms with Crippen LogP contribution < -0.4 is 15.1 Å². The molecule has 0 unspecified atom stereocenters. The Morgan fingerprint density at radius 2 is 1.72 bits per heavy atom. The maximum Gasteiger partial charge on any atom is 0.328 e. The highest BCUT2D eigenvalue weighted by atomic mass is 32.2. The van der Waals surface area contributed by atoms with E-state index in [9.17, 15) is 13.2 Å². The van der Waals surface area contributed by atoms with Crippen LogP contribution in [0.25, 0.3) is 11.0 Å². The van der Waals surface area contributed by atoms with Crippen molar-refractivity contribution in [1.29, 1.82) is 0 Å². The van der Waals surface area contributed by atoms with Crippen LogP contribution in [0.1, 0.15) is 5.56 Å². The van der Waals surface area contributed by atoms with Gasteiger partial charge >= 0.3 is 5.69 Å². The highest BCUT2D eigenvalue weighted by Gasteiger charge is 2.17. The topological polar surface area (TPSA) is 82.3 Å². The van der Waals surface area contributed by atoms with Crippen LogP contribution in [0.15, 0.2) is 52.2 Å². The Kier molecular flexibility index (Phi) is 4.40. The number of fused-ring (bicyclic) bond motifs is 1. The van der Waals surface area contributed by atoms with Gasteiger partial charge in [-0.25, -0.2) is 17.9 Å². The standard InChI is InChI=1S/C17H19N3O4S/c1-19-14-9-8-13(10-15(14)20(2)17(19)21)25(22,23)18-11-12-6-4-5-7-16(12)24-3/h4-10,18H,11H2,1-3H3. The quantitative estimate of drug-likeness (QED) is 0.744. The van der Waals surface area contributed by atoms with Crippen LogP contribution >= 0.6 is 0 Å². The van der Waals surface area contributed by atoms with Gasteiger partial charge in [-0.15, -0.1) is 0 Å². The molecular formula is C17H19N3O4S. The molecule has 2 aromatic carbocycles. The first-order valence-corrected chi connectivity index (χ1v) is 9.10. The summed E-state index contributed by atoms with van der Waals surface area (Å²) in [4.78, 5) is 12.1. The number of aromatic nitrogens is 2. The minimum atomic E-state index is -3.73. The molecule has 0 atom stereocenters. The molecule has 0 radical (unpaired) electrons. The van der Waals surface area contributed by atoms with Gasteiger partial charge in [0.25, 0.3) is 0 Å². The van der Waals surface area contributed by atoms with Gasteiger partial charge in [-0.3, -0.25) is 9.13 Å². The molecule has 1 heterocycles. The van der Waals surface area contributed by atoms with Crippen molar-refractivity contribution in [3.63, 3.8) is 0 Å². The first-order chi connectivity index (χ1) is 11.8. The number of nitrogens with one attached hydrogen (secondary N) is 1. The number of ether oxygens (including phenoxy) is 1. The number of hydrogen-bond acceptors (Lipinski definition) is 4. The van der Waals surface area contributed by atoms with Gasteiger partial charge in [-0.1, -0.05) is 18.2 Å². The molecule has 0 aliphatic rings. The molecule has 0 saturated carbocycles. The van der Waals surface area contributed by atoms with Gasteiger partial charge in [-0.05, 0) is 24.3 Å². The number of imidazole rings is 1. The van der Waals surface area contributed by atoms with E-state index in [2.05, 4.69) is 4.72 Å². The highest BCUT2D eigenvalue weighted by Crippen LogP contribution is 2.20. The van der Waals surface area contributed by atoms with E-state index in [1.807, 2.05) is 12.1 Å². The molecule has 0 bridgehead atoms. The Labute approximate surface area is 145 Å². The second kappa shape index (κ2) is 6.38. The highest BCUT2D eigenvalue weighted by molar-refractivity contribution is 7.89. The summed E-state index contributed by atoms with van der Waals surface area (Å²) in [6.07, 6.45) is 0. The average Bonchev–Trinajstić information content (AvgIpc) is 2.84. The number of benzene rings is 2. The predicted molar refractivity (Wildman–Crippen MR) is 95.2 cm³/mol. The first-order valence-electron chi connectivity index (χ1n) is 7.62. The molecule has 25 heavy (non-hydrogen) atoms. The monoisotopic (exact) mass is 361 g/mol. The Morgan fingerprint density at radius 1 is 1.04 bits per heavy atom. The van der Waals surface area contributed by atoms with Crippen LogP contribution in [0.4, 0.5) is 0 Å². The molecule has 7 nitrogen and oxygen atoms in total. The second-order valence-electron chi connectivity index (χ2n) is 5.69. The largest absolute Gasteiger partial charge is 0.496 e. The predicted octanol–water partition coefficient (Wildman–Crippen LogP) is 1.36. The molecule has 0 fully saturated rings. The fourth-order valence-corrected chi connectivity index (χ4v) is 3.79. The summed E-state index contributed by atoms with van der Waals surface area (Å²) in [6, 6.07) is 11.8. The maximum absolute atomic E-state index is 12.6. The van der Waals surface area contributed by atoms with Gasteiger partial charge in [0.2, 0.25) is 10.0 Å². The van der Waals surface area contributed by atoms with E-state index in [0.29, 0.717) is 16.8 Å². The summed E-state index contributed by atoms with van der Waals surface area (Å²) in [7, 11) is 1.08. The van der Waals surface area contributed by atoms with Crippen molar-refractivity contribution in [3.05, 3.63) is 58.5 Å². The normalized spacial score (nSPS) is 11.8. The Hall–Kier alpha value is -2.58. The molecule has 8 heteroatoms. The van der Waals surface area contributed by atoms with Gasteiger partial charge in [0.15, 0.2) is 0 Å². The minimum Gasteiger partial charge on any atom is -0.496 e. The molecule has 0 saturated heterocycles. The van der Waals surface area contributed by atoms with Crippen molar-refractivity contribution in [1.82, 2.24) is 13.9 Å². The van der Waals surface area contributed by atoms with Gasteiger partial charge in [0.1, 0.15) is 5.75 Å². The van der Waals surface area contributed by atoms with E-state index in [1.165, 1.54) is 28.4 Å². The second-order valence-corrected chi connectivity index (χ2v) is 7.45. The lowest BCUT2D eigenvalue weighted by Crippen LogP contribution is -2.23. The smallest absolute Gasteiger partial charge is 0.328 e. The van der Waals surface area contributed by atoms with Gasteiger partial charge < -0.3 is 4.74 Å². The summed E-state index contributed by atoms with van der Waals surface area (Å²) in [5, 5.41) is 0. The molecule has 1 N–H and O–H groups in total. The third-order valence-corrected chi connectivity index (χ3v) is 5.60. The van der Waals surface area contributed by atoms with Crippen LogP contribution in [0, 0.1) is 0 Å². The molecule has 0 aliphatic carbocycles. The third kappa shape index (κ3) is 3.06. The number of methoxy groups -OCH3 is 1. The van der Waals surface area contributed by atoms with Crippen LogP contribution in [-0.4, -0.2) is 24.7 Å². The zero-order chi connectivity index (χ0) is 18.2. The number of nitrogens with zero attached hydrogens (tertiary/aromatic N) is 2. The molecule has 3 rings (SSSR count). The summed E-state index contributed by atoms with van der Waals surface area (Å²) in [5.41, 5.74) is 1.78. The number of para-hydroxylation sites is 1. The van der Waals surface area contributed by atoms with Gasteiger partial charge in [0.05, 0.1) is 23.0 Å². The van der Waals surface area contributed by atoms with Crippen LogP contribution in [0.3, 0.4) is 0 Å². The summed E-state index contributed by atoms with van der Waals surface area (Å²) in [5.74, 6) is 0.617. The molecule has 1 aromatic heterocycles. The molecule has 0 amide bonds. The zero-order valence-electron chi connectivity index (χ0n) is 14.2. The lowest BCUT2D eigenvalue weighted by Gasteiger charge is -2.10. The summed E-state index contributed by atoms with van der Waals surface area (Å²) in [6.45, 7) is 0.109. The molecule has 0 spiro atoms. The van der Waals surface area contributed by atoms with Crippen LogP contribution in [-0.2, 0) is 30.7 Å². The van der Waals surface area contributed by atoms with Gasteiger partial charge in [-0.2, -0.15) is 0 Å². The van der Waals surface area contributed by atoms with Crippen LogP contribution in [0.2, 0.25) is 0 Å². The number of rotatable bonds is 5. The SMILES string of the molecule is COc1ccccc1CNS(=O)(=O)c1ccc2c(c1)n(C)c(=O)n2C. The lowest BCUT2D eigenvalue weighted by molar-refractivity contribution is 0.409. The number of aryl methyl sites for hydroxylation is 2. The fourth-order valence-electron chi connectivity index (χ4n) is 2.76. The van der Waals surface area contributed by atoms with E-state index in [4.69, 9.17) is 4.74 Å². The van der Waals surface area contributed by atoms with E-state index in [0.717, 1.165) is 5.56 Å².